The van der Waals surface area contributed by atoms with Crippen molar-refractivity contribution in [1.29, 1.82) is 5.26 Å². The summed E-state index contributed by atoms with van der Waals surface area (Å²) < 4.78 is 0. The number of aliphatic hydroxyl groups is 1. The maximum atomic E-state index is 11.3. The van der Waals surface area contributed by atoms with Crippen LogP contribution < -0.4 is 10.6 Å². The zero-order valence-electron chi connectivity index (χ0n) is 9.61. The number of nitrogens with one attached hydrogen (secondary N) is 2. The molecule has 0 spiro atoms. The molecule has 0 atom stereocenters. The fourth-order valence-corrected chi connectivity index (χ4v) is 1.87. The van der Waals surface area contributed by atoms with E-state index in [1.807, 2.05) is 0 Å². The molecule has 0 radical (unpaired) electrons. The first-order valence-corrected chi connectivity index (χ1v) is 5.74. The Kier molecular flexibility index (Phi) is 5.43. The van der Waals surface area contributed by atoms with E-state index in [1.165, 1.54) is 0 Å². The van der Waals surface area contributed by atoms with E-state index in [-0.39, 0.29) is 12.6 Å². The summed E-state index contributed by atoms with van der Waals surface area (Å²) in [5.41, 5.74) is 0. The SMILES string of the molecule is N#CCNC(=O)C(=O)NCC1CCC(O)CC1. The molecule has 6 nitrogen and oxygen atoms in total. The largest absolute Gasteiger partial charge is 0.393 e. The van der Waals surface area contributed by atoms with Gasteiger partial charge < -0.3 is 15.7 Å². The Morgan fingerprint density at radius 1 is 1.18 bits per heavy atom. The van der Waals surface area contributed by atoms with Gasteiger partial charge in [-0.2, -0.15) is 5.26 Å². The van der Waals surface area contributed by atoms with Gasteiger partial charge in [-0.15, -0.1) is 0 Å². The molecule has 6 heteroatoms. The van der Waals surface area contributed by atoms with Crippen molar-refractivity contribution in [3.63, 3.8) is 0 Å². The molecule has 0 aromatic rings. The minimum atomic E-state index is -0.776. The Morgan fingerprint density at radius 2 is 1.76 bits per heavy atom. The Hall–Kier alpha value is -1.61. The smallest absolute Gasteiger partial charge is 0.310 e. The third-order valence-corrected chi connectivity index (χ3v) is 2.90. The van der Waals surface area contributed by atoms with Gasteiger partial charge in [-0.25, -0.2) is 0 Å². The van der Waals surface area contributed by atoms with E-state index in [4.69, 9.17) is 5.26 Å². The van der Waals surface area contributed by atoms with Crippen molar-refractivity contribution in [3.8, 4) is 6.07 Å². The lowest BCUT2D eigenvalue weighted by Gasteiger charge is -2.25. The second kappa shape index (κ2) is 6.86. The molecule has 0 aromatic carbocycles. The first kappa shape index (κ1) is 13.5. The van der Waals surface area contributed by atoms with E-state index in [0.717, 1.165) is 25.7 Å². The van der Waals surface area contributed by atoms with Gasteiger partial charge in [-0.05, 0) is 31.6 Å². The van der Waals surface area contributed by atoms with Crippen LogP contribution in [0.3, 0.4) is 0 Å². The average molecular weight is 239 g/mol. The summed E-state index contributed by atoms with van der Waals surface area (Å²) in [6, 6.07) is 1.72. The van der Waals surface area contributed by atoms with Crippen molar-refractivity contribution < 1.29 is 14.7 Å². The van der Waals surface area contributed by atoms with Gasteiger partial charge in [0.15, 0.2) is 0 Å². The summed E-state index contributed by atoms with van der Waals surface area (Å²) in [4.78, 5) is 22.4. The van der Waals surface area contributed by atoms with E-state index < -0.39 is 11.8 Å². The molecule has 0 saturated heterocycles. The van der Waals surface area contributed by atoms with Gasteiger partial charge >= 0.3 is 11.8 Å². The van der Waals surface area contributed by atoms with E-state index in [2.05, 4.69) is 10.6 Å². The second-order valence-electron chi connectivity index (χ2n) is 4.23. The predicted octanol–water partition coefficient (Wildman–Crippen LogP) is -0.707. The lowest BCUT2D eigenvalue weighted by Crippen LogP contribution is -2.42. The highest BCUT2D eigenvalue weighted by Crippen LogP contribution is 2.23. The molecule has 94 valence electrons. The highest BCUT2D eigenvalue weighted by Gasteiger charge is 2.21. The maximum Gasteiger partial charge on any atom is 0.310 e. The predicted molar refractivity (Wildman–Crippen MR) is 59.6 cm³/mol. The van der Waals surface area contributed by atoms with Crippen LogP contribution in [0.4, 0.5) is 0 Å². The summed E-state index contributed by atoms with van der Waals surface area (Å²) in [5, 5.41) is 22.3. The Balaban J connectivity index is 2.19. The lowest BCUT2D eigenvalue weighted by atomic mass is 9.87. The molecule has 1 rings (SSSR count). The van der Waals surface area contributed by atoms with Crippen LogP contribution in [-0.4, -0.2) is 36.1 Å². The first-order chi connectivity index (χ1) is 8.13. The molecular formula is C11H17N3O3. The zero-order valence-corrected chi connectivity index (χ0v) is 9.61. The van der Waals surface area contributed by atoms with Crippen LogP contribution in [0.25, 0.3) is 0 Å². The second-order valence-corrected chi connectivity index (χ2v) is 4.23. The van der Waals surface area contributed by atoms with Crippen LogP contribution in [-0.2, 0) is 9.59 Å². The molecule has 1 saturated carbocycles. The van der Waals surface area contributed by atoms with Crippen LogP contribution in [0.2, 0.25) is 0 Å². The van der Waals surface area contributed by atoms with E-state index >= 15 is 0 Å². The maximum absolute atomic E-state index is 11.3. The molecular weight excluding hydrogens is 222 g/mol. The fourth-order valence-electron chi connectivity index (χ4n) is 1.87. The molecule has 3 N–H and O–H groups in total. The molecule has 1 aliphatic carbocycles. The highest BCUT2D eigenvalue weighted by atomic mass is 16.3. The van der Waals surface area contributed by atoms with E-state index in [0.29, 0.717) is 12.5 Å². The number of nitrogens with zero attached hydrogens (tertiary/aromatic N) is 1. The minimum absolute atomic E-state index is 0.165. The quantitative estimate of drug-likeness (QED) is 0.447. The number of aliphatic hydroxyl groups excluding tert-OH is 1. The zero-order chi connectivity index (χ0) is 12.7. The first-order valence-electron chi connectivity index (χ1n) is 5.74. The van der Waals surface area contributed by atoms with Crippen molar-refractivity contribution in [2.45, 2.75) is 31.8 Å². The van der Waals surface area contributed by atoms with Crippen LogP contribution in [0.1, 0.15) is 25.7 Å². The van der Waals surface area contributed by atoms with Gasteiger partial charge in [-0.3, -0.25) is 9.59 Å². The topological polar surface area (TPSA) is 102 Å². The lowest BCUT2D eigenvalue weighted by molar-refractivity contribution is -0.139. The molecule has 17 heavy (non-hydrogen) atoms. The molecule has 0 unspecified atom stereocenters. The van der Waals surface area contributed by atoms with Gasteiger partial charge in [0.1, 0.15) is 6.54 Å². The molecule has 0 bridgehead atoms. The third-order valence-electron chi connectivity index (χ3n) is 2.90. The minimum Gasteiger partial charge on any atom is -0.393 e. The summed E-state index contributed by atoms with van der Waals surface area (Å²) >= 11 is 0. The standard InChI is InChI=1S/C11H17N3O3/c12-5-6-13-10(16)11(17)14-7-8-1-3-9(15)4-2-8/h8-9,15H,1-4,6-7H2,(H,13,16)(H,14,17). The van der Waals surface area contributed by atoms with Gasteiger partial charge in [0.25, 0.3) is 0 Å². The summed E-state index contributed by atoms with van der Waals surface area (Å²) in [5.74, 6) is -1.15. The van der Waals surface area contributed by atoms with Gasteiger partial charge in [0.05, 0.1) is 12.2 Å². The van der Waals surface area contributed by atoms with Gasteiger partial charge in [0.2, 0.25) is 0 Å². The number of carbonyl (C=O) groups excluding carboxylic acids is 2. The summed E-state index contributed by atoms with van der Waals surface area (Å²) in [6.07, 6.45) is 3.01. The normalized spacial score (nSPS) is 23.5. The van der Waals surface area contributed by atoms with Crippen LogP contribution in [0, 0.1) is 17.2 Å². The van der Waals surface area contributed by atoms with Crippen LogP contribution in [0.15, 0.2) is 0 Å². The van der Waals surface area contributed by atoms with Crippen LogP contribution >= 0.6 is 0 Å². The van der Waals surface area contributed by atoms with E-state index in [9.17, 15) is 14.7 Å². The molecule has 2 amide bonds. The van der Waals surface area contributed by atoms with Crippen molar-refractivity contribution in [1.82, 2.24) is 10.6 Å². The molecule has 0 aliphatic heterocycles. The van der Waals surface area contributed by atoms with Gasteiger partial charge in [-0.1, -0.05) is 0 Å². The van der Waals surface area contributed by atoms with Crippen molar-refractivity contribution >= 4 is 11.8 Å². The number of amides is 2. The monoisotopic (exact) mass is 239 g/mol. The third kappa shape index (κ3) is 4.83. The Labute approximate surface area is 100.0 Å². The number of hydrogen-bond donors (Lipinski definition) is 3. The average Bonchev–Trinajstić information content (AvgIpc) is 2.34. The fraction of sp³-hybridized carbons (Fsp3) is 0.727. The Bertz CT molecular complexity index is 316. The van der Waals surface area contributed by atoms with Crippen LogP contribution in [0.5, 0.6) is 0 Å². The van der Waals surface area contributed by atoms with Crippen molar-refractivity contribution in [3.05, 3.63) is 0 Å². The number of rotatable bonds is 3. The van der Waals surface area contributed by atoms with Crippen molar-refractivity contribution in [2.75, 3.05) is 13.1 Å². The number of carbonyl (C=O) groups is 2. The number of nitriles is 1. The highest BCUT2D eigenvalue weighted by molar-refractivity contribution is 6.35. The van der Waals surface area contributed by atoms with Gasteiger partial charge in [0, 0.05) is 6.54 Å². The summed E-state index contributed by atoms with van der Waals surface area (Å²) in [6.45, 7) is 0.285. The summed E-state index contributed by atoms with van der Waals surface area (Å²) in [7, 11) is 0. The Morgan fingerprint density at radius 3 is 2.35 bits per heavy atom. The molecule has 1 fully saturated rings. The number of hydrogen-bond acceptors (Lipinski definition) is 4. The molecule has 0 heterocycles. The molecule has 1 aliphatic rings. The van der Waals surface area contributed by atoms with Crippen molar-refractivity contribution in [2.24, 2.45) is 5.92 Å². The van der Waals surface area contributed by atoms with E-state index in [1.54, 1.807) is 6.07 Å². The molecule has 0 aromatic heterocycles.